The number of carbonyl (C=O) groups excluding carboxylic acids is 1. The molecule has 6 heteroatoms. The maximum atomic E-state index is 12.5. The van der Waals surface area contributed by atoms with E-state index in [1.165, 1.54) is 17.2 Å². The van der Waals surface area contributed by atoms with Crippen LogP contribution in [0.1, 0.15) is 17.5 Å². The number of anilines is 1. The molecule has 0 saturated carbocycles. The highest BCUT2D eigenvalue weighted by molar-refractivity contribution is 6.30. The van der Waals surface area contributed by atoms with Crippen LogP contribution in [0.15, 0.2) is 47.1 Å². The molecule has 1 atom stereocenters. The zero-order chi connectivity index (χ0) is 15.4. The Morgan fingerprint density at radius 2 is 1.95 bits per heavy atom. The van der Waals surface area contributed by atoms with Crippen LogP contribution < -0.4 is 4.90 Å². The van der Waals surface area contributed by atoms with E-state index < -0.39 is 17.8 Å². The number of benzene rings is 1. The molecular weight excluding hydrogens is 294 g/mol. The molecule has 2 aromatic rings. The summed E-state index contributed by atoms with van der Waals surface area (Å²) in [4.78, 5) is 24.9. The van der Waals surface area contributed by atoms with E-state index in [9.17, 15) is 9.59 Å². The molecule has 5 nitrogen and oxygen atoms in total. The van der Waals surface area contributed by atoms with Crippen molar-refractivity contribution < 1.29 is 19.1 Å². The standard InChI is InChI=1S/C15H14ClNO4/c1-10(15(19)20)9-17(12-6-4-11(16)5-7-12)14(18)13-3-2-8-21-13/h2-8,10H,9H2,1H3,(H,19,20). The smallest absolute Gasteiger partial charge is 0.308 e. The lowest BCUT2D eigenvalue weighted by Gasteiger charge is -2.23. The van der Waals surface area contributed by atoms with Crippen molar-refractivity contribution >= 4 is 29.2 Å². The van der Waals surface area contributed by atoms with E-state index in [1.807, 2.05) is 0 Å². The number of nitrogens with zero attached hydrogens (tertiary/aromatic N) is 1. The molecule has 0 aliphatic rings. The number of halogens is 1. The third-order valence-corrected chi connectivity index (χ3v) is 3.25. The monoisotopic (exact) mass is 307 g/mol. The second-order valence-corrected chi connectivity index (χ2v) is 5.05. The largest absolute Gasteiger partial charge is 0.481 e. The molecule has 0 aliphatic carbocycles. The lowest BCUT2D eigenvalue weighted by molar-refractivity contribution is -0.140. The summed E-state index contributed by atoms with van der Waals surface area (Å²) in [5.74, 6) is -1.92. The first-order chi connectivity index (χ1) is 9.99. The highest BCUT2D eigenvalue weighted by Crippen LogP contribution is 2.21. The van der Waals surface area contributed by atoms with Crippen LogP contribution in [-0.2, 0) is 4.79 Å². The van der Waals surface area contributed by atoms with Gasteiger partial charge in [0.25, 0.3) is 5.91 Å². The Hall–Kier alpha value is -2.27. The van der Waals surface area contributed by atoms with Gasteiger partial charge in [0, 0.05) is 17.3 Å². The summed E-state index contributed by atoms with van der Waals surface area (Å²) in [5.41, 5.74) is 0.564. The molecule has 1 unspecified atom stereocenters. The zero-order valence-corrected chi connectivity index (χ0v) is 12.1. The maximum absolute atomic E-state index is 12.5. The predicted octanol–water partition coefficient (Wildman–Crippen LogP) is 3.30. The van der Waals surface area contributed by atoms with Gasteiger partial charge in [-0.15, -0.1) is 0 Å². The Bertz CT molecular complexity index is 622. The fraction of sp³-hybridized carbons (Fsp3) is 0.200. The van der Waals surface area contributed by atoms with E-state index in [0.29, 0.717) is 10.7 Å². The zero-order valence-electron chi connectivity index (χ0n) is 11.3. The second-order valence-electron chi connectivity index (χ2n) is 4.61. The van der Waals surface area contributed by atoms with E-state index >= 15 is 0 Å². The van der Waals surface area contributed by atoms with Gasteiger partial charge in [0.2, 0.25) is 0 Å². The highest BCUT2D eigenvalue weighted by atomic mass is 35.5. The molecule has 1 aromatic heterocycles. The van der Waals surface area contributed by atoms with Gasteiger partial charge < -0.3 is 14.4 Å². The normalized spacial score (nSPS) is 11.9. The molecule has 0 radical (unpaired) electrons. The number of rotatable bonds is 5. The van der Waals surface area contributed by atoms with Crippen LogP contribution in [-0.4, -0.2) is 23.5 Å². The Balaban J connectivity index is 2.32. The van der Waals surface area contributed by atoms with Gasteiger partial charge in [0.15, 0.2) is 5.76 Å². The van der Waals surface area contributed by atoms with E-state index in [-0.39, 0.29) is 12.3 Å². The summed E-state index contributed by atoms with van der Waals surface area (Å²) >= 11 is 5.84. The number of furan rings is 1. The van der Waals surface area contributed by atoms with Gasteiger partial charge in [-0.1, -0.05) is 18.5 Å². The Labute approximate surface area is 126 Å². The molecule has 0 aliphatic heterocycles. The van der Waals surface area contributed by atoms with Gasteiger partial charge in [-0.25, -0.2) is 0 Å². The van der Waals surface area contributed by atoms with Gasteiger partial charge in [0.1, 0.15) is 0 Å². The first kappa shape index (κ1) is 15.1. The van der Waals surface area contributed by atoms with Crippen molar-refractivity contribution in [2.24, 2.45) is 5.92 Å². The van der Waals surface area contributed by atoms with Crippen molar-refractivity contribution in [1.29, 1.82) is 0 Å². The minimum absolute atomic E-state index is 0.0382. The molecule has 0 bridgehead atoms. The Kier molecular flexibility index (Phi) is 4.65. The van der Waals surface area contributed by atoms with Crippen LogP contribution >= 0.6 is 11.6 Å². The van der Waals surface area contributed by atoms with Crippen molar-refractivity contribution in [1.82, 2.24) is 0 Å². The van der Waals surface area contributed by atoms with Gasteiger partial charge in [-0.2, -0.15) is 0 Å². The summed E-state index contributed by atoms with van der Waals surface area (Å²) < 4.78 is 5.10. The second kappa shape index (κ2) is 6.45. The molecule has 0 saturated heterocycles. The van der Waals surface area contributed by atoms with Crippen molar-refractivity contribution in [3.63, 3.8) is 0 Å². The maximum Gasteiger partial charge on any atom is 0.308 e. The van der Waals surface area contributed by atoms with Crippen molar-refractivity contribution in [3.05, 3.63) is 53.4 Å². The minimum Gasteiger partial charge on any atom is -0.481 e. The van der Waals surface area contributed by atoms with Crippen LogP contribution in [0.25, 0.3) is 0 Å². The third-order valence-electron chi connectivity index (χ3n) is 2.99. The molecule has 2 rings (SSSR count). The van der Waals surface area contributed by atoms with Gasteiger partial charge in [-0.05, 0) is 36.4 Å². The van der Waals surface area contributed by atoms with Gasteiger partial charge in [0.05, 0.1) is 12.2 Å². The molecular formula is C15H14ClNO4. The van der Waals surface area contributed by atoms with E-state index in [4.69, 9.17) is 21.1 Å². The molecule has 21 heavy (non-hydrogen) atoms. The fourth-order valence-electron chi connectivity index (χ4n) is 1.81. The Morgan fingerprint density at radius 1 is 1.29 bits per heavy atom. The molecule has 110 valence electrons. The average molecular weight is 308 g/mol. The lowest BCUT2D eigenvalue weighted by Crippen LogP contribution is -2.36. The summed E-state index contributed by atoms with van der Waals surface area (Å²) in [7, 11) is 0. The molecule has 1 N–H and O–H groups in total. The first-order valence-electron chi connectivity index (χ1n) is 6.33. The summed E-state index contributed by atoms with van der Waals surface area (Å²) in [5, 5.41) is 9.59. The highest BCUT2D eigenvalue weighted by Gasteiger charge is 2.24. The fourth-order valence-corrected chi connectivity index (χ4v) is 1.94. The molecule has 1 heterocycles. The first-order valence-corrected chi connectivity index (χ1v) is 6.70. The van der Waals surface area contributed by atoms with Crippen LogP contribution in [0.2, 0.25) is 5.02 Å². The SMILES string of the molecule is CC(CN(C(=O)c1ccco1)c1ccc(Cl)cc1)C(=O)O. The van der Waals surface area contributed by atoms with Crippen LogP contribution in [0, 0.1) is 5.92 Å². The molecule has 0 spiro atoms. The third kappa shape index (κ3) is 3.64. The number of hydrogen-bond donors (Lipinski definition) is 1. The van der Waals surface area contributed by atoms with E-state index in [1.54, 1.807) is 37.3 Å². The quantitative estimate of drug-likeness (QED) is 0.920. The van der Waals surface area contributed by atoms with E-state index in [2.05, 4.69) is 0 Å². The van der Waals surface area contributed by atoms with Gasteiger partial charge >= 0.3 is 5.97 Å². The van der Waals surface area contributed by atoms with Gasteiger partial charge in [-0.3, -0.25) is 9.59 Å². The predicted molar refractivity (Wildman–Crippen MR) is 78.6 cm³/mol. The number of carboxylic acid groups (broad SMARTS) is 1. The van der Waals surface area contributed by atoms with E-state index in [0.717, 1.165) is 0 Å². The number of aliphatic carboxylic acids is 1. The number of carbonyl (C=O) groups is 2. The molecule has 0 fully saturated rings. The topological polar surface area (TPSA) is 70.8 Å². The number of carboxylic acids is 1. The lowest BCUT2D eigenvalue weighted by atomic mass is 10.1. The number of amides is 1. The van der Waals surface area contributed by atoms with Crippen LogP contribution in [0.4, 0.5) is 5.69 Å². The molecule has 1 amide bonds. The minimum atomic E-state index is -0.971. The summed E-state index contributed by atoms with van der Waals surface area (Å²) in [6.45, 7) is 1.58. The van der Waals surface area contributed by atoms with Crippen molar-refractivity contribution in [2.45, 2.75) is 6.92 Å². The van der Waals surface area contributed by atoms with Crippen molar-refractivity contribution in [2.75, 3.05) is 11.4 Å². The summed E-state index contributed by atoms with van der Waals surface area (Å²) in [6.07, 6.45) is 1.40. The van der Waals surface area contributed by atoms with Crippen LogP contribution in [0.3, 0.4) is 0 Å². The van der Waals surface area contributed by atoms with Crippen LogP contribution in [0.5, 0.6) is 0 Å². The van der Waals surface area contributed by atoms with Crippen molar-refractivity contribution in [3.8, 4) is 0 Å². The summed E-state index contributed by atoms with van der Waals surface area (Å²) in [6, 6.07) is 9.76. The Morgan fingerprint density at radius 3 is 2.48 bits per heavy atom. The molecule has 1 aromatic carbocycles. The number of hydrogen-bond acceptors (Lipinski definition) is 3. The average Bonchev–Trinajstić information content (AvgIpc) is 2.99.